The van der Waals surface area contributed by atoms with Crippen LogP contribution in [0.1, 0.15) is 87.3 Å². The summed E-state index contributed by atoms with van der Waals surface area (Å²) in [7, 11) is 0. The van der Waals surface area contributed by atoms with E-state index in [0.717, 1.165) is 11.3 Å². The molecule has 0 heterocycles. The summed E-state index contributed by atoms with van der Waals surface area (Å²) in [5, 5.41) is 1.40. The second-order valence-corrected chi connectivity index (χ2v) is 9.80. The Morgan fingerprint density at radius 3 is 2.31 bits per heavy atom. The van der Waals surface area contributed by atoms with Gasteiger partial charge in [-0.05, 0) is 78.8 Å². The fraction of sp³-hybridized carbons (Fsp3) is 0.419. The molecular formula is C31H32F4O. The Hall–Kier alpha value is -3.00. The molecule has 1 aliphatic carbocycles. The molecule has 0 unspecified atom stereocenters. The molecule has 0 radical (unpaired) electrons. The molecule has 0 N–H and O–H groups in total. The molecule has 0 aromatic heterocycles. The number of halogens is 4. The van der Waals surface area contributed by atoms with E-state index in [1.165, 1.54) is 87.6 Å². The highest BCUT2D eigenvalue weighted by molar-refractivity contribution is 5.85. The minimum atomic E-state index is -4.74. The fourth-order valence-corrected chi connectivity index (χ4v) is 5.18. The molecule has 1 aliphatic rings. The Balaban J connectivity index is 1.41. The molecule has 5 heteroatoms. The molecule has 1 fully saturated rings. The maximum atomic E-state index is 15.2. The lowest BCUT2D eigenvalue weighted by Gasteiger charge is -2.29. The number of hydrogen-bond donors (Lipinski definition) is 0. The van der Waals surface area contributed by atoms with Crippen molar-refractivity contribution in [1.29, 1.82) is 0 Å². The van der Waals surface area contributed by atoms with Crippen molar-refractivity contribution in [3.63, 3.8) is 0 Å². The zero-order valence-electron chi connectivity index (χ0n) is 20.6. The number of unbranched alkanes of at least 4 members (excludes halogenated alkanes) is 3. The summed E-state index contributed by atoms with van der Waals surface area (Å²) in [4.78, 5) is 0. The normalized spacial score (nSPS) is 18.0. The first-order chi connectivity index (χ1) is 17.3. The van der Waals surface area contributed by atoms with Crippen LogP contribution in [0.15, 0.2) is 54.6 Å². The fourth-order valence-electron chi connectivity index (χ4n) is 5.18. The maximum Gasteiger partial charge on any atom is 0.573 e. The smallest absolute Gasteiger partial charge is 0.406 e. The van der Waals surface area contributed by atoms with Crippen molar-refractivity contribution in [2.24, 2.45) is 5.92 Å². The highest BCUT2D eigenvalue weighted by atomic mass is 19.4. The zero-order valence-corrected chi connectivity index (χ0v) is 20.6. The number of benzene rings is 3. The summed E-state index contributed by atoms with van der Waals surface area (Å²) in [5.74, 6) is 6.32. The molecule has 1 saturated carbocycles. The quantitative estimate of drug-likeness (QED) is 0.180. The van der Waals surface area contributed by atoms with Crippen molar-refractivity contribution in [2.45, 2.75) is 77.0 Å². The average Bonchev–Trinajstić information content (AvgIpc) is 2.86. The second-order valence-electron chi connectivity index (χ2n) is 9.80. The Morgan fingerprint density at radius 2 is 1.61 bits per heavy atom. The van der Waals surface area contributed by atoms with E-state index in [1.807, 2.05) is 18.2 Å². The van der Waals surface area contributed by atoms with Gasteiger partial charge < -0.3 is 4.74 Å². The van der Waals surface area contributed by atoms with Gasteiger partial charge in [0.05, 0.1) is 5.56 Å². The number of ether oxygens (including phenoxy) is 1. The Bertz CT molecular complexity index is 1210. The number of alkyl halides is 3. The van der Waals surface area contributed by atoms with E-state index >= 15 is 4.39 Å². The molecule has 36 heavy (non-hydrogen) atoms. The van der Waals surface area contributed by atoms with Crippen LogP contribution in [-0.4, -0.2) is 6.36 Å². The summed E-state index contributed by atoms with van der Waals surface area (Å²) in [6, 6.07) is 14.8. The molecule has 0 saturated heterocycles. The van der Waals surface area contributed by atoms with Gasteiger partial charge in [-0.25, -0.2) is 4.39 Å². The lowest BCUT2D eigenvalue weighted by atomic mass is 9.76. The van der Waals surface area contributed by atoms with Crippen LogP contribution in [0.25, 0.3) is 10.8 Å². The van der Waals surface area contributed by atoms with Crippen molar-refractivity contribution < 1.29 is 22.3 Å². The Kier molecular flexibility index (Phi) is 8.56. The van der Waals surface area contributed by atoms with E-state index in [2.05, 4.69) is 29.6 Å². The third kappa shape index (κ3) is 7.03. The first-order valence-electron chi connectivity index (χ1n) is 12.9. The van der Waals surface area contributed by atoms with E-state index in [-0.39, 0.29) is 17.1 Å². The van der Waals surface area contributed by atoms with Gasteiger partial charge in [-0.15, -0.1) is 13.2 Å². The standard InChI is InChI=1S/C31H32F4O/c1-2-3-4-5-6-22-7-12-24(13-8-22)26-17-20-29-27(21-26)16-15-25(30(29)32)14-9-23-10-18-28(19-11-23)36-31(33,34)35/h10-11,15-22,24H,2-8,12-13H2,1H3. The summed E-state index contributed by atoms with van der Waals surface area (Å²) in [6.07, 6.45) is 6.88. The SMILES string of the molecule is CCCCCCC1CCC(c2ccc3c(F)c(C#Cc4ccc(OC(F)(F)F)cc4)ccc3c2)CC1. The van der Waals surface area contributed by atoms with Crippen molar-refractivity contribution in [3.05, 3.63) is 77.1 Å². The minimum absolute atomic E-state index is 0.259. The van der Waals surface area contributed by atoms with E-state index in [0.29, 0.717) is 16.9 Å². The van der Waals surface area contributed by atoms with Crippen LogP contribution < -0.4 is 4.74 Å². The predicted molar refractivity (Wildman–Crippen MR) is 136 cm³/mol. The van der Waals surface area contributed by atoms with E-state index in [4.69, 9.17) is 0 Å². The molecule has 0 amide bonds. The highest BCUT2D eigenvalue weighted by Gasteiger charge is 2.31. The molecule has 190 valence electrons. The zero-order chi connectivity index (χ0) is 25.5. The van der Waals surface area contributed by atoms with Crippen LogP contribution in [0.2, 0.25) is 0 Å². The number of rotatable bonds is 7. The molecule has 0 spiro atoms. The molecule has 3 aromatic carbocycles. The molecule has 0 atom stereocenters. The van der Waals surface area contributed by atoms with Crippen molar-refractivity contribution >= 4 is 10.8 Å². The van der Waals surface area contributed by atoms with Crippen molar-refractivity contribution in [1.82, 2.24) is 0 Å². The van der Waals surface area contributed by atoms with Gasteiger partial charge >= 0.3 is 6.36 Å². The van der Waals surface area contributed by atoms with Crippen molar-refractivity contribution in [3.8, 4) is 17.6 Å². The molecule has 1 nitrogen and oxygen atoms in total. The summed E-state index contributed by atoms with van der Waals surface area (Å²) < 4.78 is 55.9. The molecule has 4 rings (SSSR count). The predicted octanol–water partition coefficient (Wildman–Crippen LogP) is 9.52. The first kappa shape index (κ1) is 26.1. The molecule has 0 aliphatic heterocycles. The Labute approximate surface area is 210 Å². The molecule has 0 bridgehead atoms. The maximum absolute atomic E-state index is 15.2. The minimum Gasteiger partial charge on any atom is -0.406 e. The van der Waals surface area contributed by atoms with Gasteiger partial charge in [0.15, 0.2) is 0 Å². The van der Waals surface area contributed by atoms with Gasteiger partial charge in [-0.1, -0.05) is 75.1 Å². The third-order valence-electron chi connectivity index (χ3n) is 7.19. The van der Waals surface area contributed by atoms with Gasteiger partial charge in [0, 0.05) is 10.9 Å². The largest absolute Gasteiger partial charge is 0.573 e. The first-order valence-corrected chi connectivity index (χ1v) is 12.9. The monoisotopic (exact) mass is 496 g/mol. The Morgan fingerprint density at radius 1 is 0.861 bits per heavy atom. The topological polar surface area (TPSA) is 9.23 Å². The van der Waals surface area contributed by atoms with Gasteiger partial charge in [0.25, 0.3) is 0 Å². The second kappa shape index (κ2) is 11.8. The lowest BCUT2D eigenvalue weighted by molar-refractivity contribution is -0.274. The van der Waals surface area contributed by atoms with Crippen LogP contribution in [-0.2, 0) is 0 Å². The van der Waals surface area contributed by atoms with Crippen LogP contribution in [0.3, 0.4) is 0 Å². The van der Waals surface area contributed by atoms with E-state index in [9.17, 15) is 13.2 Å². The summed E-state index contributed by atoms with van der Waals surface area (Å²) >= 11 is 0. The van der Waals surface area contributed by atoms with Gasteiger partial charge in [-0.2, -0.15) is 0 Å². The van der Waals surface area contributed by atoms with Crippen LogP contribution in [0.4, 0.5) is 17.6 Å². The van der Waals surface area contributed by atoms with Gasteiger partial charge in [0.2, 0.25) is 0 Å². The van der Waals surface area contributed by atoms with E-state index < -0.39 is 6.36 Å². The summed E-state index contributed by atoms with van der Waals surface area (Å²) in [6.45, 7) is 2.25. The van der Waals surface area contributed by atoms with Gasteiger partial charge in [-0.3, -0.25) is 0 Å². The van der Waals surface area contributed by atoms with E-state index in [1.54, 1.807) is 6.07 Å². The van der Waals surface area contributed by atoms with Crippen LogP contribution >= 0.6 is 0 Å². The molecule has 3 aromatic rings. The van der Waals surface area contributed by atoms with Crippen molar-refractivity contribution in [2.75, 3.05) is 0 Å². The number of hydrogen-bond acceptors (Lipinski definition) is 1. The van der Waals surface area contributed by atoms with Gasteiger partial charge in [0.1, 0.15) is 11.6 Å². The van der Waals surface area contributed by atoms with Crippen LogP contribution in [0.5, 0.6) is 5.75 Å². The molecular weight excluding hydrogens is 464 g/mol. The lowest BCUT2D eigenvalue weighted by Crippen LogP contribution is -2.16. The highest BCUT2D eigenvalue weighted by Crippen LogP contribution is 2.39. The summed E-state index contributed by atoms with van der Waals surface area (Å²) in [5.41, 5.74) is 2.01. The van der Waals surface area contributed by atoms with Crippen LogP contribution in [0, 0.1) is 23.6 Å². The third-order valence-corrected chi connectivity index (χ3v) is 7.19. The number of fused-ring (bicyclic) bond motifs is 1. The average molecular weight is 497 g/mol.